The maximum atomic E-state index is 13.0. The highest BCUT2D eigenvalue weighted by atomic mass is 35.5. The third kappa shape index (κ3) is 3.79. The van der Waals surface area contributed by atoms with E-state index in [1.807, 2.05) is 0 Å². The first kappa shape index (κ1) is 14.5. The molecule has 8 heteroatoms. The van der Waals surface area contributed by atoms with Crippen LogP contribution < -0.4 is 10.6 Å². The van der Waals surface area contributed by atoms with Gasteiger partial charge in [0, 0.05) is 11.4 Å². The van der Waals surface area contributed by atoms with E-state index in [-0.39, 0.29) is 16.1 Å². The van der Waals surface area contributed by atoms with E-state index < -0.39 is 11.8 Å². The van der Waals surface area contributed by atoms with Gasteiger partial charge in [-0.2, -0.15) is 0 Å². The lowest BCUT2D eigenvalue weighted by Gasteiger charge is -2.07. The molecule has 1 aromatic carbocycles. The van der Waals surface area contributed by atoms with Crippen LogP contribution in [0.15, 0.2) is 24.3 Å². The highest BCUT2D eigenvalue weighted by Gasteiger charge is 2.08. The van der Waals surface area contributed by atoms with Crippen LogP contribution in [-0.2, 0) is 0 Å². The summed E-state index contributed by atoms with van der Waals surface area (Å²) < 4.78 is 13.0. The van der Waals surface area contributed by atoms with E-state index in [9.17, 15) is 9.18 Å². The Morgan fingerprint density at radius 2 is 1.95 bits per heavy atom. The van der Waals surface area contributed by atoms with Crippen molar-refractivity contribution in [3.63, 3.8) is 0 Å². The lowest BCUT2D eigenvalue weighted by Crippen LogP contribution is -2.21. The number of carbonyl (C=O) groups is 1. The first-order valence-electron chi connectivity index (χ1n) is 5.48. The predicted octanol–water partition coefficient (Wildman–Crippen LogP) is 3.87. The van der Waals surface area contributed by atoms with Crippen LogP contribution in [0.2, 0.25) is 10.2 Å². The second kappa shape index (κ2) is 6.02. The van der Waals surface area contributed by atoms with Gasteiger partial charge >= 0.3 is 6.03 Å². The van der Waals surface area contributed by atoms with Gasteiger partial charge in [-0.05, 0) is 31.2 Å². The summed E-state index contributed by atoms with van der Waals surface area (Å²) in [6.07, 6.45) is 0. The van der Waals surface area contributed by atoms with E-state index >= 15 is 0 Å². The van der Waals surface area contributed by atoms with E-state index in [0.717, 1.165) is 6.07 Å². The molecule has 0 aliphatic rings. The van der Waals surface area contributed by atoms with Crippen molar-refractivity contribution in [1.82, 2.24) is 9.97 Å². The summed E-state index contributed by atoms with van der Waals surface area (Å²) >= 11 is 11.4. The Balaban J connectivity index is 2.06. The Hall–Kier alpha value is -1.92. The highest BCUT2D eigenvalue weighted by Crippen LogP contribution is 2.19. The average molecular weight is 315 g/mol. The second-order valence-electron chi connectivity index (χ2n) is 3.86. The molecule has 1 aromatic heterocycles. The van der Waals surface area contributed by atoms with Crippen LogP contribution in [-0.4, -0.2) is 16.0 Å². The molecule has 2 amide bonds. The van der Waals surface area contributed by atoms with Crippen molar-refractivity contribution >= 4 is 40.9 Å². The summed E-state index contributed by atoms with van der Waals surface area (Å²) in [5.41, 5.74) is 0.956. The Labute approximate surface area is 124 Å². The Morgan fingerprint density at radius 3 is 2.60 bits per heavy atom. The first-order valence-corrected chi connectivity index (χ1v) is 6.24. The molecule has 0 radical (unpaired) electrons. The Bertz CT molecular complexity index is 646. The van der Waals surface area contributed by atoms with Crippen molar-refractivity contribution in [2.45, 2.75) is 6.92 Å². The molecule has 1 heterocycles. The number of urea groups is 1. The van der Waals surface area contributed by atoms with Crippen LogP contribution in [0, 0.1) is 12.7 Å². The average Bonchev–Trinajstić information content (AvgIpc) is 2.32. The van der Waals surface area contributed by atoms with Crippen molar-refractivity contribution in [2.75, 3.05) is 10.6 Å². The summed E-state index contributed by atoms with van der Waals surface area (Å²) in [5, 5.41) is 5.02. The number of carbonyl (C=O) groups excluding carboxylic acids is 1. The fraction of sp³-hybridized carbons (Fsp3) is 0.0833. The molecule has 0 bridgehead atoms. The molecule has 0 atom stereocenters. The van der Waals surface area contributed by atoms with Gasteiger partial charge in [-0.3, -0.25) is 5.32 Å². The maximum absolute atomic E-state index is 13.0. The zero-order valence-electron chi connectivity index (χ0n) is 10.2. The number of rotatable bonds is 2. The van der Waals surface area contributed by atoms with Crippen molar-refractivity contribution in [2.24, 2.45) is 0 Å². The van der Waals surface area contributed by atoms with E-state index in [4.69, 9.17) is 23.2 Å². The van der Waals surface area contributed by atoms with Gasteiger partial charge in [-0.25, -0.2) is 19.2 Å². The van der Waals surface area contributed by atoms with Crippen LogP contribution in [0.3, 0.4) is 0 Å². The quantitative estimate of drug-likeness (QED) is 0.827. The minimum atomic E-state index is -0.589. The molecule has 2 rings (SSSR count). The lowest BCUT2D eigenvalue weighted by molar-refractivity contribution is 0.262. The number of aromatic nitrogens is 2. The molecule has 0 saturated heterocycles. The number of aryl methyl sites for hydroxylation is 1. The SMILES string of the molecule is Cc1cc(Cl)nc(NC(=O)Nc2ccc(F)c(Cl)c2)n1. The van der Waals surface area contributed by atoms with Crippen LogP contribution in [0.1, 0.15) is 5.69 Å². The molecule has 0 unspecified atom stereocenters. The summed E-state index contributed by atoms with van der Waals surface area (Å²) in [5.74, 6) is -0.493. The van der Waals surface area contributed by atoms with Gasteiger partial charge in [-0.15, -0.1) is 0 Å². The molecule has 104 valence electrons. The molecule has 0 aliphatic heterocycles. The number of nitrogens with one attached hydrogen (secondary N) is 2. The molecule has 0 fully saturated rings. The Morgan fingerprint density at radius 1 is 1.20 bits per heavy atom. The van der Waals surface area contributed by atoms with Crippen molar-refractivity contribution in [3.8, 4) is 0 Å². The monoisotopic (exact) mass is 314 g/mol. The molecule has 5 nitrogen and oxygen atoms in total. The number of amides is 2. The van der Waals surface area contributed by atoms with Crippen molar-refractivity contribution in [1.29, 1.82) is 0 Å². The molecular formula is C12H9Cl2FN4O. The summed E-state index contributed by atoms with van der Waals surface area (Å²) in [6.45, 7) is 1.72. The minimum Gasteiger partial charge on any atom is -0.308 e. The fourth-order valence-electron chi connectivity index (χ4n) is 1.42. The third-order valence-corrected chi connectivity index (χ3v) is 2.71. The molecule has 2 N–H and O–H groups in total. The zero-order chi connectivity index (χ0) is 14.7. The van der Waals surface area contributed by atoms with Gasteiger partial charge in [0.05, 0.1) is 5.02 Å². The predicted molar refractivity (Wildman–Crippen MR) is 75.8 cm³/mol. The van der Waals surface area contributed by atoms with E-state index in [1.54, 1.807) is 13.0 Å². The lowest BCUT2D eigenvalue weighted by atomic mass is 10.3. The molecule has 2 aromatic rings. The van der Waals surface area contributed by atoms with Gasteiger partial charge in [0.15, 0.2) is 0 Å². The Kier molecular flexibility index (Phi) is 4.36. The highest BCUT2D eigenvalue weighted by molar-refractivity contribution is 6.31. The number of benzene rings is 1. The molecule has 0 saturated carbocycles. The zero-order valence-corrected chi connectivity index (χ0v) is 11.8. The number of hydrogen-bond acceptors (Lipinski definition) is 3. The normalized spacial score (nSPS) is 10.2. The van der Waals surface area contributed by atoms with Gasteiger partial charge in [0.1, 0.15) is 11.0 Å². The fourth-order valence-corrected chi connectivity index (χ4v) is 1.84. The van der Waals surface area contributed by atoms with Gasteiger partial charge in [0.2, 0.25) is 5.95 Å². The van der Waals surface area contributed by atoms with Gasteiger partial charge < -0.3 is 5.32 Å². The van der Waals surface area contributed by atoms with Crippen LogP contribution in [0.25, 0.3) is 0 Å². The molecule has 0 aliphatic carbocycles. The van der Waals surface area contributed by atoms with Crippen LogP contribution in [0.4, 0.5) is 20.8 Å². The third-order valence-electron chi connectivity index (χ3n) is 2.23. The standard InChI is InChI=1S/C12H9Cl2FN4O/c1-6-4-10(14)18-11(16-6)19-12(20)17-7-2-3-9(15)8(13)5-7/h2-5H,1H3,(H2,16,17,18,19,20). The van der Waals surface area contributed by atoms with E-state index in [0.29, 0.717) is 11.4 Å². The number of nitrogens with zero attached hydrogens (tertiary/aromatic N) is 2. The minimum absolute atomic E-state index is 0.0701. The smallest absolute Gasteiger partial charge is 0.308 e. The summed E-state index contributed by atoms with van der Waals surface area (Å²) in [6, 6.07) is 4.79. The second-order valence-corrected chi connectivity index (χ2v) is 4.66. The largest absolute Gasteiger partial charge is 0.326 e. The number of halogens is 3. The van der Waals surface area contributed by atoms with E-state index in [2.05, 4.69) is 20.6 Å². The molecule has 20 heavy (non-hydrogen) atoms. The molecule has 0 spiro atoms. The topological polar surface area (TPSA) is 66.9 Å². The number of anilines is 2. The van der Waals surface area contributed by atoms with Gasteiger partial charge in [0.25, 0.3) is 0 Å². The number of hydrogen-bond donors (Lipinski definition) is 2. The summed E-state index contributed by atoms with van der Waals surface area (Å²) in [4.78, 5) is 19.6. The van der Waals surface area contributed by atoms with Crippen LogP contribution >= 0.6 is 23.2 Å². The van der Waals surface area contributed by atoms with Crippen LogP contribution in [0.5, 0.6) is 0 Å². The van der Waals surface area contributed by atoms with E-state index in [1.165, 1.54) is 12.1 Å². The first-order chi connectivity index (χ1) is 9.44. The summed E-state index contributed by atoms with van der Waals surface area (Å²) in [7, 11) is 0. The van der Waals surface area contributed by atoms with Gasteiger partial charge in [-0.1, -0.05) is 23.2 Å². The van der Waals surface area contributed by atoms with Crippen molar-refractivity contribution < 1.29 is 9.18 Å². The molecular weight excluding hydrogens is 306 g/mol. The maximum Gasteiger partial charge on any atom is 0.326 e. The van der Waals surface area contributed by atoms with Crippen molar-refractivity contribution in [3.05, 3.63) is 46.0 Å².